The van der Waals surface area contributed by atoms with Crippen molar-refractivity contribution < 1.29 is 8.42 Å². The minimum absolute atomic E-state index is 0.0563. The molecule has 2 rings (SSSR count). The van der Waals surface area contributed by atoms with Crippen LogP contribution in [0.2, 0.25) is 0 Å². The molecule has 0 amide bonds. The summed E-state index contributed by atoms with van der Waals surface area (Å²) in [6.07, 6.45) is 1.28. The number of nitrogens with one attached hydrogen (secondary N) is 2. The Morgan fingerprint density at radius 2 is 1.50 bits per heavy atom. The Morgan fingerprint density at radius 1 is 0.958 bits per heavy atom. The molecule has 0 aromatic heterocycles. The number of aryl methyl sites for hydroxylation is 1. The molecule has 0 bridgehead atoms. The molecular formula is C17H14N4O2S. The Balaban J connectivity index is 2.12. The van der Waals surface area contributed by atoms with E-state index in [1.165, 1.54) is 6.20 Å². The maximum absolute atomic E-state index is 12.3. The van der Waals surface area contributed by atoms with Gasteiger partial charge in [-0.25, -0.2) is 8.42 Å². The average molecular weight is 338 g/mol. The molecule has 0 saturated carbocycles. The van der Waals surface area contributed by atoms with Crippen LogP contribution in [0.15, 0.2) is 65.2 Å². The van der Waals surface area contributed by atoms with Crippen LogP contribution in [0.4, 0.5) is 11.4 Å². The fraction of sp³-hybridized carbons (Fsp3) is 0.0588. The topological polar surface area (TPSA) is 106 Å². The molecule has 0 atom stereocenters. The number of nitriles is 2. The number of sulfonamides is 1. The van der Waals surface area contributed by atoms with E-state index in [4.69, 9.17) is 10.5 Å². The van der Waals surface area contributed by atoms with Gasteiger partial charge in [-0.05, 0) is 43.3 Å². The highest BCUT2D eigenvalue weighted by Gasteiger charge is 2.13. The average Bonchev–Trinajstić information content (AvgIpc) is 2.57. The molecule has 0 aliphatic carbocycles. The fourth-order valence-electron chi connectivity index (χ4n) is 1.81. The molecule has 24 heavy (non-hydrogen) atoms. The second kappa shape index (κ2) is 7.32. The number of allylic oxidation sites excluding steroid dienone is 1. The largest absolute Gasteiger partial charge is 0.360 e. The summed E-state index contributed by atoms with van der Waals surface area (Å²) < 4.78 is 27.1. The first-order chi connectivity index (χ1) is 11.4. The van der Waals surface area contributed by atoms with E-state index in [0.717, 1.165) is 5.56 Å². The van der Waals surface area contributed by atoms with Gasteiger partial charge in [-0.2, -0.15) is 10.5 Å². The predicted molar refractivity (Wildman–Crippen MR) is 91.4 cm³/mol. The highest BCUT2D eigenvalue weighted by molar-refractivity contribution is 7.92. The molecule has 0 heterocycles. The molecule has 120 valence electrons. The zero-order valence-corrected chi connectivity index (χ0v) is 13.6. The van der Waals surface area contributed by atoms with Crippen molar-refractivity contribution >= 4 is 21.4 Å². The summed E-state index contributed by atoms with van der Waals surface area (Å²) in [5.74, 6) is 0. The van der Waals surface area contributed by atoms with E-state index in [1.54, 1.807) is 60.7 Å². The van der Waals surface area contributed by atoms with Crippen LogP contribution in [0.5, 0.6) is 0 Å². The van der Waals surface area contributed by atoms with Crippen LogP contribution in [0.1, 0.15) is 5.56 Å². The van der Waals surface area contributed by atoms with Gasteiger partial charge in [0.2, 0.25) is 0 Å². The molecule has 2 aromatic rings. The lowest BCUT2D eigenvalue weighted by atomic mass is 10.2. The third-order valence-corrected chi connectivity index (χ3v) is 4.49. The number of rotatable bonds is 5. The molecule has 0 radical (unpaired) electrons. The third kappa shape index (κ3) is 4.35. The summed E-state index contributed by atoms with van der Waals surface area (Å²) in [6.45, 7) is 1.88. The summed E-state index contributed by atoms with van der Waals surface area (Å²) in [6, 6.07) is 16.5. The lowest BCUT2D eigenvalue weighted by molar-refractivity contribution is 0.601. The van der Waals surface area contributed by atoms with Gasteiger partial charge in [0.1, 0.15) is 17.7 Å². The molecule has 0 unspecified atom stereocenters. The van der Waals surface area contributed by atoms with Crippen LogP contribution >= 0.6 is 0 Å². The van der Waals surface area contributed by atoms with Gasteiger partial charge >= 0.3 is 0 Å². The summed E-state index contributed by atoms with van der Waals surface area (Å²) in [4.78, 5) is 0.186. The Bertz CT molecular complexity index is 916. The molecule has 7 heteroatoms. The fourth-order valence-corrected chi connectivity index (χ4v) is 2.87. The molecule has 0 fully saturated rings. The van der Waals surface area contributed by atoms with E-state index in [1.807, 2.05) is 6.92 Å². The van der Waals surface area contributed by atoms with Gasteiger partial charge in [-0.1, -0.05) is 17.7 Å². The summed E-state index contributed by atoms with van der Waals surface area (Å²) in [5, 5.41) is 20.1. The molecular weight excluding hydrogens is 324 g/mol. The lowest BCUT2D eigenvalue weighted by Crippen LogP contribution is -2.12. The van der Waals surface area contributed by atoms with Crippen LogP contribution in [-0.4, -0.2) is 8.42 Å². The molecule has 2 N–H and O–H groups in total. The van der Waals surface area contributed by atoms with Crippen LogP contribution in [0, 0.1) is 29.6 Å². The number of benzene rings is 2. The maximum Gasteiger partial charge on any atom is 0.261 e. The Hall–Kier alpha value is -3.29. The first-order valence-electron chi connectivity index (χ1n) is 6.91. The van der Waals surface area contributed by atoms with E-state index in [2.05, 4.69) is 10.0 Å². The second-order valence-electron chi connectivity index (χ2n) is 4.92. The van der Waals surface area contributed by atoms with Crippen molar-refractivity contribution in [3.63, 3.8) is 0 Å². The van der Waals surface area contributed by atoms with Gasteiger partial charge in [0, 0.05) is 17.6 Å². The molecule has 0 saturated heterocycles. The predicted octanol–water partition coefficient (Wildman–Crippen LogP) is 3.14. The summed E-state index contributed by atoms with van der Waals surface area (Å²) in [5.41, 5.74) is 1.95. The van der Waals surface area contributed by atoms with Crippen molar-refractivity contribution in [2.24, 2.45) is 0 Å². The lowest BCUT2D eigenvalue weighted by Gasteiger charge is -2.09. The van der Waals surface area contributed by atoms with E-state index >= 15 is 0 Å². The zero-order chi connectivity index (χ0) is 17.6. The van der Waals surface area contributed by atoms with Crippen molar-refractivity contribution in [2.45, 2.75) is 11.8 Å². The van der Waals surface area contributed by atoms with Crippen LogP contribution in [0.25, 0.3) is 0 Å². The molecule has 6 nitrogen and oxygen atoms in total. The number of hydrogen-bond donors (Lipinski definition) is 2. The summed E-state index contributed by atoms with van der Waals surface area (Å²) in [7, 11) is -3.65. The van der Waals surface area contributed by atoms with Crippen LogP contribution in [0.3, 0.4) is 0 Å². The molecule has 0 aliphatic rings. The van der Waals surface area contributed by atoms with E-state index in [9.17, 15) is 8.42 Å². The highest BCUT2D eigenvalue weighted by Crippen LogP contribution is 2.19. The first-order valence-corrected chi connectivity index (χ1v) is 8.39. The Kier molecular flexibility index (Phi) is 5.20. The van der Waals surface area contributed by atoms with E-state index < -0.39 is 10.0 Å². The maximum atomic E-state index is 12.3. The molecule has 0 aliphatic heterocycles. The highest BCUT2D eigenvalue weighted by atomic mass is 32.2. The Labute approximate surface area is 140 Å². The number of nitrogens with zero attached hydrogens (tertiary/aromatic N) is 2. The van der Waals surface area contributed by atoms with E-state index in [0.29, 0.717) is 11.4 Å². The third-order valence-electron chi connectivity index (χ3n) is 3.09. The van der Waals surface area contributed by atoms with Gasteiger partial charge in [-0.3, -0.25) is 4.72 Å². The quantitative estimate of drug-likeness (QED) is 0.815. The minimum atomic E-state index is -3.65. The first kappa shape index (κ1) is 17.1. The molecule has 2 aromatic carbocycles. The van der Waals surface area contributed by atoms with Gasteiger partial charge in [0.15, 0.2) is 0 Å². The normalized spacial score (nSPS) is 10.1. The Morgan fingerprint density at radius 3 is 2.04 bits per heavy atom. The van der Waals surface area contributed by atoms with Gasteiger partial charge in [0.25, 0.3) is 10.0 Å². The van der Waals surface area contributed by atoms with Crippen molar-refractivity contribution in [3.8, 4) is 12.1 Å². The second-order valence-corrected chi connectivity index (χ2v) is 6.60. The van der Waals surface area contributed by atoms with Crippen molar-refractivity contribution in [1.29, 1.82) is 10.5 Å². The smallest absolute Gasteiger partial charge is 0.261 e. The van der Waals surface area contributed by atoms with Crippen LogP contribution in [-0.2, 0) is 10.0 Å². The standard InChI is InChI=1S/C17H14N4O2S/c1-13-2-8-17(9-3-13)24(22,23)21-16-6-4-15(5-7-16)20-12-14(10-18)11-19/h2-9,12,20-21H,1H3. The SMILES string of the molecule is Cc1ccc(S(=O)(=O)Nc2ccc(NC=C(C#N)C#N)cc2)cc1. The van der Waals surface area contributed by atoms with Gasteiger partial charge in [0.05, 0.1) is 4.90 Å². The van der Waals surface area contributed by atoms with Crippen molar-refractivity contribution in [1.82, 2.24) is 0 Å². The number of anilines is 2. The van der Waals surface area contributed by atoms with E-state index in [-0.39, 0.29) is 10.5 Å². The van der Waals surface area contributed by atoms with Gasteiger partial charge < -0.3 is 5.32 Å². The zero-order valence-electron chi connectivity index (χ0n) is 12.8. The van der Waals surface area contributed by atoms with Crippen molar-refractivity contribution in [2.75, 3.05) is 10.0 Å². The molecule has 0 spiro atoms. The summed E-state index contributed by atoms with van der Waals surface area (Å²) >= 11 is 0. The van der Waals surface area contributed by atoms with Gasteiger partial charge in [-0.15, -0.1) is 0 Å². The monoisotopic (exact) mass is 338 g/mol. The van der Waals surface area contributed by atoms with Crippen molar-refractivity contribution in [3.05, 3.63) is 65.9 Å². The number of hydrogen-bond acceptors (Lipinski definition) is 5. The minimum Gasteiger partial charge on any atom is -0.360 e. The van der Waals surface area contributed by atoms with Crippen LogP contribution < -0.4 is 10.0 Å².